The molecular weight excluding hydrogens is 374 g/mol. The van der Waals surface area contributed by atoms with Crippen molar-refractivity contribution < 1.29 is 9.53 Å². The molecule has 0 saturated carbocycles. The lowest BCUT2D eigenvalue weighted by Gasteiger charge is -2.24. The maximum atomic E-state index is 12.4. The summed E-state index contributed by atoms with van der Waals surface area (Å²) in [6.07, 6.45) is 2.15. The zero-order chi connectivity index (χ0) is 21.9. The number of nitrogens with one attached hydrogen (secondary N) is 1. The van der Waals surface area contributed by atoms with E-state index in [1.165, 1.54) is 22.0 Å². The molecule has 1 amide bonds. The van der Waals surface area contributed by atoms with Gasteiger partial charge in [0.1, 0.15) is 5.75 Å². The van der Waals surface area contributed by atoms with E-state index in [9.17, 15) is 4.79 Å². The van der Waals surface area contributed by atoms with Crippen LogP contribution < -0.4 is 10.1 Å². The molecule has 3 aromatic rings. The van der Waals surface area contributed by atoms with E-state index >= 15 is 0 Å². The van der Waals surface area contributed by atoms with Gasteiger partial charge in [-0.1, -0.05) is 51.1 Å². The van der Waals surface area contributed by atoms with E-state index in [0.717, 1.165) is 0 Å². The predicted molar refractivity (Wildman–Crippen MR) is 123 cm³/mol. The maximum Gasteiger partial charge on any atom is 0.258 e. The molecule has 2 aromatic carbocycles. The Balaban J connectivity index is 1.60. The molecule has 0 radical (unpaired) electrons. The third kappa shape index (κ3) is 5.03. The fourth-order valence-electron chi connectivity index (χ4n) is 3.67. The van der Waals surface area contributed by atoms with Crippen molar-refractivity contribution in [3.05, 3.63) is 65.9 Å². The van der Waals surface area contributed by atoms with E-state index in [-0.39, 0.29) is 24.0 Å². The molecule has 1 unspecified atom stereocenters. The molecule has 0 bridgehead atoms. The van der Waals surface area contributed by atoms with Gasteiger partial charge >= 0.3 is 0 Å². The smallest absolute Gasteiger partial charge is 0.258 e. The molecule has 1 N–H and O–H groups in total. The molecule has 3 rings (SSSR count). The number of ether oxygens (including phenoxy) is 1. The van der Waals surface area contributed by atoms with E-state index in [0.29, 0.717) is 12.3 Å². The normalized spacial score (nSPS) is 12.9. The van der Waals surface area contributed by atoms with Crippen LogP contribution in [0, 0.1) is 0 Å². The first-order valence-corrected chi connectivity index (χ1v) is 10.4. The Morgan fingerprint density at radius 3 is 2.40 bits per heavy atom. The Kier molecular flexibility index (Phi) is 6.52. The van der Waals surface area contributed by atoms with E-state index < -0.39 is 0 Å². The highest BCUT2D eigenvalue weighted by Crippen LogP contribution is 2.28. The van der Waals surface area contributed by atoms with Crippen LogP contribution in [0.5, 0.6) is 5.75 Å². The van der Waals surface area contributed by atoms with Crippen molar-refractivity contribution in [3.63, 3.8) is 0 Å². The third-order valence-corrected chi connectivity index (χ3v) is 5.49. The molecule has 5 heteroatoms. The van der Waals surface area contributed by atoms with Crippen LogP contribution in [0.15, 0.2) is 54.7 Å². The van der Waals surface area contributed by atoms with Gasteiger partial charge in [-0.05, 0) is 48.8 Å². The zero-order valence-corrected chi connectivity index (χ0v) is 18.9. The summed E-state index contributed by atoms with van der Waals surface area (Å²) in [7, 11) is 6.12. The lowest BCUT2D eigenvalue weighted by molar-refractivity contribution is -0.123. The second-order valence-corrected chi connectivity index (χ2v) is 9.06. The second kappa shape index (κ2) is 8.92. The molecule has 0 aliphatic carbocycles. The lowest BCUT2D eigenvalue weighted by atomic mass is 9.87. The number of amides is 1. The second-order valence-electron chi connectivity index (χ2n) is 9.06. The van der Waals surface area contributed by atoms with Gasteiger partial charge in [-0.15, -0.1) is 0 Å². The Labute approximate surface area is 179 Å². The predicted octanol–water partition coefficient (Wildman–Crippen LogP) is 4.27. The number of carbonyl (C=O) groups is 1. The van der Waals surface area contributed by atoms with Crippen LogP contribution in [0.1, 0.15) is 37.9 Å². The number of carbonyl (C=O) groups excluding carboxylic acids is 1. The van der Waals surface area contributed by atoms with Gasteiger partial charge in [0.15, 0.2) is 6.61 Å². The van der Waals surface area contributed by atoms with Gasteiger partial charge in [-0.3, -0.25) is 4.79 Å². The number of benzene rings is 2. The number of nitrogens with zero attached hydrogens (tertiary/aromatic N) is 2. The third-order valence-electron chi connectivity index (χ3n) is 5.49. The largest absolute Gasteiger partial charge is 0.484 e. The molecule has 1 heterocycles. The molecule has 1 aromatic heterocycles. The van der Waals surface area contributed by atoms with Gasteiger partial charge in [0.2, 0.25) is 0 Å². The Hall–Kier alpha value is -2.79. The number of para-hydroxylation sites is 1. The highest BCUT2D eigenvalue weighted by atomic mass is 16.5. The van der Waals surface area contributed by atoms with E-state index in [4.69, 9.17) is 4.74 Å². The fourth-order valence-corrected chi connectivity index (χ4v) is 3.67. The molecule has 5 nitrogen and oxygen atoms in total. The number of fused-ring (bicyclic) bond motifs is 1. The number of likely N-dealkylation sites (N-methyl/N-ethyl adjacent to an activating group) is 1. The minimum atomic E-state index is -0.123. The van der Waals surface area contributed by atoms with Crippen molar-refractivity contribution in [1.82, 2.24) is 14.8 Å². The van der Waals surface area contributed by atoms with Crippen LogP contribution in [0.25, 0.3) is 10.9 Å². The summed E-state index contributed by atoms with van der Waals surface area (Å²) in [6, 6.07) is 16.4. The quantitative estimate of drug-likeness (QED) is 0.636. The van der Waals surface area contributed by atoms with Gasteiger partial charge in [-0.2, -0.15) is 0 Å². The van der Waals surface area contributed by atoms with Crippen LogP contribution in [-0.4, -0.2) is 42.6 Å². The number of aryl methyl sites for hydroxylation is 1. The highest BCUT2D eigenvalue weighted by molar-refractivity contribution is 5.84. The minimum Gasteiger partial charge on any atom is -0.484 e. The van der Waals surface area contributed by atoms with E-state index in [1.807, 2.05) is 32.3 Å². The average molecular weight is 408 g/mol. The summed E-state index contributed by atoms with van der Waals surface area (Å²) in [6.45, 7) is 7.05. The van der Waals surface area contributed by atoms with Crippen LogP contribution in [0.3, 0.4) is 0 Å². The molecule has 0 fully saturated rings. The topological polar surface area (TPSA) is 46.5 Å². The molecule has 1 atom stereocenters. The fraction of sp³-hybridized carbons (Fsp3) is 0.400. The van der Waals surface area contributed by atoms with Crippen LogP contribution >= 0.6 is 0 Å². The summed E-state index contributed by atoms with van der Waals surface area (Å²) >= 11 is 0. The van der Waals surface area contributed by atoms with Crippen LogP contribution in [-0.2, 0) is 17.3 Å². The first kappa shape index (κ1) is 21.9. The minimum absolute atomic E-state index is 0.00451. The average Bonchev–Trinajstić information content (AvgIpc) is 3.03. The SMILES string of the molecule is CN(C)C(CNC(=O)COc1ccc(C(C)(C)C)cc1)c1cn(C)c2ccccc12. The summed E-state index contributed by atoms with van der Waals surface area (Å²) < 4.78 is 7.81. The lowest BCUT2D eigenvalue weighted by Crippen LogP contribution is -2.36. The standard InChI is InChI=1S/C25H33N3O2/c1-25(2,3)18-11-13-19(14-12-18)30-17-24(29)26-15-23(27(4)5)21-16-28(6)22-10-8-7-9-20(21)22/h7-14,16,23H,15,17H2,1-6H3,(H,26,29). The maximum absolute atomic E-state index is 12.4. The summed E-state index contributed by atoms with van der Waals surface area (Å²) in [4.78, 5) is 14.5. The molecule has 0 aliphatic rings. The van der Waals surface area contributed by atoms with Gasteiger partial charge in [0.25, 0.3) is 5.91 Å². The van der Waals surface area contributed by atoms with Gasteiger partial charge in [-0.25, -0.2) is 0 Å². The molecular formula is C25H33N3O2. The Morgan fingerprint density at radius 2 is 1.77 bits per heavy atom. The number of rotatable bonds is 7. The molecule has 0 saturated heterocycles. The summed E-state index contributed by atoms with van der Waals surface area (Å²) in [5.41, 5.74) is 3.73. The first-order valence-electron chi connectivity index (χ1n) is 10.4. The van der Waals surface area contributed by atoms with Crippen LogP contribution in [0.4, 0.5) is 0 Å². The van der Waals surface area contributed by atoms with Crippen molar-refractivity contribution in [2.75, 3.05) is 27.2 Å². The molecule has 0 spiro atoms. The van der Waals surface area contributed by atoms with Crippen molar-refractivity contribution >= 4 is 16.8 Å². The molecule has 30 heavy (non-hydrogen) atoms. The zero-order valence-electron chi connectivity index (χ0n) is 18.9. The first-order chi connectivity index (χ1) is 14.2. The van der Waals surface area contributed by atoms with E-state index in [2.05, 4.69) is 79.1 Å². The van der Waals surface area contributed by atoms with Gasteiger partial charge in [0.05, 0.1) is 6.04 Å². The Bertz CT molecular complexity index is 997. The van der Waals surface area contributed by atoms with E-state index in [1.54, 1.807) is 0 Å². The summed E-state index contributed by atoms with van der Waals surface area (Å²) in [5.74, 6) is 0.582. The van der Waals surface area contributed by atoms with Gasteiger partial charge in [0, 0.05) is 30.7 Å². The number of aromatic nitrogens is 1. The van der Waals surface area contributed by atoms with Crippen molar-refractivity contribution in [1.29, 1.82) is 0 Å². The summed E-state index contributed by atoms with van der Waals surface area (Å²) in [5, 5.41) is 4.24. The van der Waals surface area contributed by atoms with Crippen LogP contribution in [0.2, 0.25) is 0 Å². The highest BCUT2D eigenvalue weighted by Gasteiger charge is 2.20. The molecule has 0 aliphatic heterocycles. The van der Waals surface area contributed by atoms with Crippen molar-refractivity contribution in [3.8, 4) is 5.75 Å². The van der Waals surface area contributed by atoms with Gasteiger partial charge < -0.3 is 19.5 Å². The number of hydrogen-bond acceptors (Lipinski definition) is 3. The van der Waals surface area contributed by atoms with Crippen molar-refractivity contribution in [2.45, 2.75) is 32.2 Å². The monoisotopic (exact) mass is 407 g/mol. The molecule has 160 valence electrons. The number of hydrogen-bond donors (Lipinski definition) is 1. The Morgan fingerprint density at radius 1 is 1.10 bits per heavy atom. The van der Waals surface area contributed by atoms with Crippen molar-refractivity contribution in [2.24, 2.45) is 7.05 Å².